The molecule has 1 aliphatic carbocycles. The summed E-state index contributed by atoms with van der Waals surface area (Å²) in [5, 5.41) is 2.25. The van der Waals surface area contributed by atoms with E-state index in [9.17, 15) is 4.79 Å². The zero-order valence-corrected chi connectivity index (χ0v) is 12.9. The molecule has 0 N–H and O–H groups in total. The molecule has 3 nitrogen and oxygen atoms in total. The molecular formula is C17H19ClN2O. The molecule has 1 heterocycles. The van der Waals surface area contributed by atoms with Gasteiger partial charge in [-0.05, 0) is 31.2 Å². The number of aromatic nitrogens is 1. The minimum absolute atomic E-state index is 0.00273. The molecule has 1 fully saturated rings. The Labute approximate surface area is 129 Å². The highest BCUT2D eigenvalue weighted by atomic mass is 35.5. The van der Waals surface area contributed by atoms with Crippen LogP contribution in [0.15, 0.2) is 30.3 Å². The van der Waals surface area contributed by atoms with Gasteiger partial charge in [-0.1, -0.05) is 48.7 Å². The molecule has 0 aliphatic heterocycles. The number of nitrogens with zero attached hydrogens (tertiary/aromatic N) is 2. The van der Waals surface area contributed by atoms with Crippen LogP contribution in [0.25, 0.3) is 10.8 Å². The highest BCUT2D eigenvalue weighted by molar-refractivity contribution is 6.34. The maximum absolute atomic E-state index is 12.8. The molecule has 0 unspecified atom stereocenters. The van der Waals surface area contributed by atoms with Crippen molar-refractivity contribution in [3.63, 3.8) is 0 Å². The molecular weight excluding hydrogens is 284 g/mol. The van der Waals surface area contributed by atoms with Gasteiger partial charge in [-0.25, -0.2) is 4.98 Å². The van der Waals surface area contributed by atoms with Gasteiger partial charge in [0.15, 0.2) is 0 Å². The molecule has 21 heavy (non-hydrogen) atoms. The van der Waals surface area contributed by atoms with E-state index in [1.54, 1.807) is 0 Å². The average molecular weight is 303 g/mol. The number of hydrogen-bond acceptors (Lipinski definition) is 2. The Morgan fingerprint density at radius 1 is 1.33 bits per heavy atom. The summed E-state index contributed by atoms with van der Waals surface area (Å²) in [6, 6.07) is 9.96. The molecule has 110 valence electrons. The summed E-state index contributed by atoms with van der Waals surface area (Å²) in [6.45, 7) is 2.74. The van der Waals surface area contributed by atoms with Gasteiger partial charge in [0.1, 0.15) is 10.8 Å². The van der Waals surface area contributed by atoms with Crippen LogP contribution in [0.2, 0.25) is 5.15 Å². The average Bonchev–Trinajstić information content (AvgIpc) is 3.02. The first-order valence-electron chi connectivity index (χ1n) is 7.57. The van der Waals surface area contributed by atoms with Gasteiger partial charge in [-0.3, -0.25) is 4.79 Å². The Kier molecular flexibility index (Phi) is 4.11. The highest BCUT2D eigenvalue weighted by Crippen LogP contribution is 2.27. The van der Waals surface area contributed by atoms with Crippen molar-refractivity contribution in [2.24, 2.45) is 0 Å². The van der Waals surface area contributed by atoms with Gasteiger partial charge in [0.2, 0.25) is 0 Å². The minimum atomic E-state index is -0.00273. The van der Waals surface area contributed by atoms with E-state index in [0.717, 1.165) is 30.2 Å². The number of carbonyl (C=O) groups excluding carboxylic acids is 1. The topological polar surface area (TPSA) is 33.2 Å². The number of rotatable bonds is 3. The van der Waals surface area contributed by atoms with Gasteiger partial charge in [0.25, 0.3) is 5.91 Å². The van der Waals surface area contributed by atoms with Gasteiger partial charge >= 0.3 is 0 Å². The second-order valence-corrected chi connectivity index (χ2v) is 5.91. The van der Waals surface area contributed by atoms with Gasteiger partial charge < -0.3 is 4.90 Å². The quantitative estimate of drug-likeness (QED) is 0.792. The van der Waals surface area contributed by atoms with Crippen molar-refractivity contribution in [3.05, 3.63) is 41.2 Å². The molecule has 0 bridgehead atoms. The normalized spacial score (nSPS) is 15.5. The Morgan fingerprint density at radius 3 is 2.76 bits per heavy atom. The van der Waals surface area contributed by atoms with Crippen molar-refractivity contribution < 1.29 is 4.79 Å². The van der Waals surface area contributed by atoms with Crippen LogP contribution in [-0.4, -0.2) is 28.4 Å². The minimum Gasteiger partial charge on any atom is -0.335 e. The van der Waals surface area contributed by atoms with E-state index in [0.29, 0.717) is 16.9 Å². The van der Waals surface area contributed by atoms with Crippen LogP contribution in [0.3, 0.4) is 0 Å². The summed E-state index contributed by atoms with van der Waals surface area (Å²) in [5.74, 6) is -0.00273. The van der Waals surface area contributed by atoms with E-state index in [2.05, 4.69) is 4.98 Å². The smallest absolute Gasteiger partial charge is 0.272 e. The molecule has 0 radical (unpaired) electrons. The highest BCUT2D eigenvalue weighted by Gasteiger charge is 2.27. The SMILES string of the molecule is CCN(C(=O)c1cc2ccccc2c(Cl)n1)C1CCCC1. The van der Waals surface area contributed by atoms with Crippen LogP contribution in [0, 0.1) is 0 Å². The number of carbonyl (C=O) groups is 1. The second-order valence-electron chi connectivity index (χ2n) is 5.55. The largest absolute Gasteiger partial charge is 0.335 e. The second kappa shape index (κ2) is 6.02. The molecule has 1 amide bonds. The fourth-order valence-corrected chi connectivity index (χ4v) is 3.46. The van der Waals surface area contributed by atoms with E-state index >= 15 is 0 Å². The van der Waals surface area contributed by atoms with Crippen molar-refractivity contribution in [1.29, 1.82) is 0 Å². The Morgan fingerprint density at radius 2 is 2.05 bits per heavy atom. The Balaban J connectivity index is 1.96. The van der Waals surface area contributed by atoms with Crippen LogP contribution in [0.5, 0.6) is 0 Å². The van der Waals surface area contributed by atoms with E-state index < -0.39 is 0 Å². The van der Waals surface area contributed by atoms with Crippen molar-refractivity contribution in [3.8, 4) is 0 Å². The van der Waals surface area contributed by atoms with E-state index in [-0.39, 0.29) is 5.91 Å². The van der Waals surface area contributed by atoms with Crippen molar-refractivity contribution in [2.45, 2.75) is 38.6 Å². The van der Waals surface area contributed by atoms with Crippen LogP contribution < -0.4 is 0 Å². The predicted molar refractivity (Wildman–Crippen MR) is 85.7 cm³/mol. The third-order valence-electron chi connectivity index (χ3n) is 4.28. The fourth-order valence-electron chi connectivity index (χ4n) is 3.20. The van der Waals surface area contributed by atoms with Crippen LogP contribution >= 0.6 is 11.6 Å². The number of pyridine rings is 1. The molecule has 0 saturated heterocycles. The Bertz CT molecular complexity index is 665. The lowest BCUT2D eigenvalue weighted by atomic mass is 10.1. The number of fused-ring (bicyclic) bond motifs is 1. The molecule has 3 rings (SSSR count). The molecule has 1 aromatic carbocycles. The lowest BCUT2D eigenvalue weighted by Crippen LogP contribution is -2.39. The molecule has 1 saturated carbocycles. The van der Waals surface area contributed by atoms with E-state index in [1.807, 2.05) is 42.2 Å². The first-order chi connectivity index (χ1) is 10.2. The third-order valence-corrected chi connectivity index (χ3v) is 4.57. The van der Waals surface area contributed by atoms with Gasteiger partial charge in [0, 0.05) is 18.0 Å². The van der Waals surface area contributed by atoms with Gasteiger partial charge in [-0.2, -0.15) is 0 Å². The summed E-state index contributed by atoms with van der Waals surface area (Å²) in [4.78, 5) is 19.0. The zero-order valence-electron chi connectivity index (χ0n) is 12.2. The molecule has 0 spiro atoms. The summed E-state index contributed by atoms with van der Waals surface area (Å²) < 4.78 is 0. The van der Waals surface area contributed by atoms with Gasteiger partial charge in [0.05, 0.1) is 0 Å². The maximum Gasteiger partial charge on any atom is 0.272 e. The van der Waals surface area contributed by atoms with E-state index in [1.165, 1.54) is 12.8 Å². The lowest BCUT2D eigenvalue weighted by Gasteiger charge is -2.27. The van der Waals surface area contributed by atoms with Crippen LogP contribution in [-0.2, 0) is 0 Å². The monoisotopic (exact) mass is 302 g/mol. The van der Waals surface area contributed by atoms with Crippen molar-refractivity contribution >= 4 is 28.3 Å². The van der Waals surface area contributed by atoms with Crippen molar-refractivity contribution in [2.75, 3.05) is 6.54 Å². The first kappa shape index (κ1) is 14.3. The standard InChI is InChI=1S/C17H19ClN2O/c1-2-20(13-8-4-5-9-13)17(21)15-11-12-7-3-6-10-14(12)16(18)19-15/h3,6-7,10-11,13H,2,4-5,8-9H2,1H3. The summed E-state index contributed by atoms with van der Waals surface area (Å²) in [7, 11) is 0. The fraction of sp³-hybridized carbons (Fsp3) is 0.412. The molecule has 1 aromatic heterocycles. The maximum atomic E-state index is 12.8. The molecule has 2 aromatic rings. The Hall–Kier alpha value is -1.61. The number of amides is 1. The first-order valence-corrected chi connectivity index (χ1v) is 7.94. The third kappa shape index (κ3) is 2.75. The molecule has 4 heteroatoms. The molecule has 0 atom stereocenters. The molecule has 1 aliphatic rings. The van der Waals surface area contributed by atoms with Gasteiger partial charge in [-0.15, -0.1) is 0 Å². The van der Waals surface area contributed by atoms with Crippen LogP contribution in [0.4, 0.5) is 0 Å². The number of halogens is 1. The predicted octanol–water partition coefficient (Wildman–Crippen LogP) is 4.29. The summed E-state index contributed by atoms with van der Waals surface area (Å²) >= 11 is 6.23. The van der Waals surface area contributed by atoms with Crippen molar-refractivity contribution in [1.82, 2.24) is 9.88 Å². The lowest BCUT2D eigenvalue weighted by molar-refractivity contribution is 0.0688. The summed E-state index contributed by atoms with van der Waals surface area (Å²) in [6.07, 6.45) is 4.61. The zero-order chi connectivity index (χ0) is 14.8. The number of benzene rings is 1. The summed E-state index contributed by atoms with van der Waals surface area (Å²) in [5.41, 5.74) is 0.451. The van der Waals surface area contributed by atoms with E-state index in [4.69, 9.17) is 11.6 Å². The van der Waals surface area contributed by atoms with Crippen LogP contribution in [0.1, 0.15) is 43.1 Å². The number of hydrogen-bond donors (Lipinski definition) is 0.